The van der Waals surface area contributed by atoms with E-state index in [-0.39, 0.29) is 52.0 Å². The molecule has 1 heterocycles. The van der Waals surface area contributed by atoms with E-state index in [9.17, 15) is 4.39 Å². The van der Waals surface area contributed by atoms with Crippen molar-refractivity contribution < 1.29 is 30.8 Å². The minimum atomic E-state index is -0.259. The molecule has 0 saturated carbocycles. The summed E-state index contributed by atoms with van der Waals surface area (Å²) in [6.07, 6.45) is 2.34. The van der Waals surface area contributed by atoms with E-state index in [1.165, 1.54) is 6.07 Å². The zero-order chi connectivity index (χ0) is 10.5. The topological polar surface area (TPSA) is 18.5 Å². The molecule has 0 amide bonds. The third-order valence-electron chi connectivity index (χ3n) is 2.48. The Morgan fingerprint density at radius 3 is 3.00 bits per heavy atom. The van der Waals surface area contributed by atoms with Crippen molar-refractivity contribution >= 4 is 23.1 Å². The molecule has 1 aliphatic heterocycles. The summed E-state index contributed by atoms with van der Waals surface area (Å²) in [5.41, 5.74) is 0.576. The van der Waals surface area contributed by atoms with Crippen molar-refractivity contribution in [2.75, 3.05) is 13.2 Å². The number of benzene rings is 1. The fourth-order valence-corrected chi connectivity index (χ4v) is 1.64. The molecule has 1 aromatic carbocycles. The predicted octanol–water partition coefficient (Wildman–Crippen LogP) is -1.06. The third-order valence-corrected chi connectivity index (χ3v) is 2.48. The largest absolute Gasteiger partial charge is 2.00 e. The van der Waals surface area contributed by atoms with E-state index in [0.29, 0.717) is 18.8 Å². The number of halogens is 2. The summed E-state index contributed by atoms with van der Waals surface area (Å²) in [5.74, 6) is -0.259. The van der Waals surface area contributed by atoms with Crippen LogP contribution in [0.15, 0.2) is 18.2 Å². The zero-order valence-electron chi connectivity index (χ0n) is 9.62. The second-order valence-corrected chi connectivity index (χ2v) is 3.67. The van der Waals surface area contributed by atoms with Crippen molar-refractivity contribution in [1.82, 2.24) is 0 Å². The molecule has 1 aliphatic rings. The Morgan fingerprint density at radius 1 is 1.53 bits per heavy atom. The first-order valence-electron chi connectivity index (χ1n) is 5.20. The van der Waals surface area contributed by atoms with Crippen LogP contribution in [0, 0.1) is 11.9 Å². The summed E-state index contributed by atoms with van der Waals surface area (Å²) in [5, 5.41) is 0. The molecule has 2 nitrogen and oxygen atoms in total. The molecule has 0 spiro atoms. The molecule has 17 heavy (non-hydrogen) atoms. The molecule has 0 aliphatic carbocycles. The molecule has 0 aromatic heterocycles. The summed E-state index contributed by atoms with van der Waals surface area (Å²) in [6, 6.07) is 7.38. The minimum absolute atomic E-state index is 0. The molecule has 1 atom stereocenters. The second kappa shape index (κ2) is 9.27. The van der Waals surface area contributed by atoms with Crippen molar-refractivity contribution in [3.05, 3.63) is 35.6 Å². The summed E-state index contributed by atoms with van der Waals surface area (Å²) < 4.78 is 23.9. The first kappa shape index (κ1) is 17.3. The Balaban J connectivity index is 0.00000128. The van der Waals surface area contributed by atoms with E-state index in [1.54, 1.807) is 12.1 Å². The van der Waals surface area contributed by atoms with Crippen molar-refractivity contribution in [2.24, 2.45) is 0 Å². The Bertz CT molecular complexity index is 319. The minimum Gasteiger partial charge on any atom is -1.00 e. The molecule has 90 valence electrons. The van der Waals surface area contributed by atoms with Gasteiger partial charge in [0.25, 0.3) is 0 Å². The van der Waals surface area contributed by atoms with Crippen LogP contribution in [0.5, 0.6) is 0 Å². The van der Waals surface area contributed by atoms with E-state index in [0.717, 1.165) is 19.4 Å². The average molecular weight is 313 g/mol. The van der Waals surface area contributed by atoms with Gasteiger partial charge < -0.3 is 26.5 Å². The van der Waals surface area contributed by atoms with Crippen LogP contribution in [0.3, 0.4) is 0 Å². The van der Waals surface area contributed by atoms with Gasteiger partial charge in [0, 0.05) is 12.4 Å². The van der Waals surface area contributed by atoms with Crippen LogP contribution in [0.25, 0.3) is 0 Å². The number of ether oxygens (including phenoxy) is 2. The molecule has 2 rings (SSSR count). The van der Waals surface area contributed by atoms with Gasteiger partial charge in [-0.05, 0) is 12.8 Å². The summed E-state index contributed by atoms with van der Waals surface area (Å²) in [6.45, 7) is 1.68. The molecule has 0 radical (unpaired) electrons. The summed E-state index contributed by atoms with van der Waals surface area (Å²) >= 11 is 0. The molecule has 1 fully saturated rings. The van der Waals surface area contributed by atoms with Crippen LogP contribution in [0.4, 0.5) is 4.39 Å². The Hall–Kier alpha value is 0.316. The van der Waals surface area contributed by atoms with Gasteiger partial charge in [-0.15, -0.1) is 6.07 Å². The molecule has 0 bridgehead atoms. The standard InChI is InChI=1S/C12H14FO2.BrH.Mg/c13-12-6-2-1-4-10(12)8-14-9-11-5-3-7-15-11;;/h1,4,6,11H,3,5,7-9H2;1H;/q-1;;+2/p-1. The van der Waals surface area contributed by atoms with E-state index in [1.807, 2.05) is 0 Å². The van der Waals surface area contributed by atoms with Gasteiger partial charge in [-0.2, -0.15) is 18.2 Å². The monoisotopic (exact) mass is 312 g/mol. The fraction of sp³-hybridized carbons (Fsp3) is 0.500. The van der Waals surface area contributed by atoms with Crippen molar-refractivity contribution in [1.29, 1.82) is 0 Å². The zero-order valence-corrected chi connectivity index (χ0v) is 12.6. The first-order chi connectivity index (χ1) is 7.36. The maximum absolute atomic E-state index is 13.1. The van der Waals surface area contributed by atoms with Gasteiger partial charge in [-0.3, -0.25) is 4.39 Å². The molecule has 5 heteroatoms. The summed E-state index contributed by atoms with van der Waals surface area (Å²) in [4.78, 5) is 0. The van der Waals surface area contributed by atoms with E-state index < -0.39 is 0 Å². The number of hydrogen-bond donors (Lipinski definition) is 0. The van der Waals surface area contributed by atoms with Gasteiger partial charge in [0.2, 0.25) is 0 Å². The van der Waals surface area contributed by atoms with Gasteiger partial charge in [0.1, 0.15) is 0 Å². The van der Waals surface area contributed by atoms with Crippen LogP contribution < -0.4 is 17.0 Å². The molecular formula is C12H14BrFMgO2. The van der Waals surface area contributed by atoms with Crippen molar-refractivity contribution in [3.8, 4) is 0 Å². The molecular weight excluding hydrogens is 299 g/mol. The predicted molar refractivity (Wildman–Crippen MR) is 59.6 cm³/mol. The van der Waals surface area contributed by atoms with E-state index in [4.69, 9.17) is 9.47 Å². The van der Waals surface area contributed by atoms with Crippen LogP contribution >= 0.6 is 0 Å². The quantitative estimate of drug-likeness (QED) is 0.521. The van der Waals surface area contributed by atoms with Crippen LogP contribution in [-0.2, 0) is 16.1 Å². The van der Waals surface area contributed by atoms with Crippen LogP contribution in [0.1, 0.15) is 18.4 Å². The fourth-order valence-electron chi connectivity index (χ4n) is 1.64. The second-order valence-electron chi connectivity index (χ2n) is 3.67. The number of rotatable bonds is 4. The third kappa shape index (κ3) is 5.66. The normalized spacial score (nSPS) is 18.3. The SMILES string of the molecule is Fc1c[c-]ccc1COCC1CCCO1.[Br-].[Mg+2]. The van der Waals surface area contributed by atoms with Gasteiger partial charge in [0.05, 0.1) is 19.3 Å². The van der Waals surface area contributed by atoms with Crippen molar-refractivity contribution in [3.63, 3.8) is 0 Å². The van der Waals surface area contributed by atoms with Crippen LogP contribution in [0.2, 0.25) is 0 Å². The van der Waals surface area contributed by atoms with E-state index in [2.05, 4.69) is 6.07 Å². The molecule has 0 N–H and O–H groups in total. The maximum atomic E-state index is 13.1. The van der Waals surface area contributed by atoms with E-state index >= 15 is 0 Å². The Kier molecular flexibility index (Phi) is 9.45. The van der Waals surface area contributed by atoms with Gasteiger partial charge >= 0.3 is 23.1 Å². The van der Waals surface area contributed by atoms with Crippen molar-refractivity contribution in [2.45, 2.75) is 25.6 Å². The average Bonchev–Trinajstić information content (AvgIpc) is 2.74. The summed E-state index contributed by atoms with van der Waals surface area (Å²) in [7, 11) is 0. The first-order valence-corrected chi connectivity index (χ1v) is 5.20. The van der Waals surface area contributed by atoms with Gasteiger partial charge in [-0.25, -0.2) is 0 Å². The maximum Gasteiger partial charge on any atom is 2.00 e. The van der Waals surface area contributed by atoms with Gasteiger partial charge in [0.15, 0.2) is 0 Å². The molecule has 1 unspecified atom stereocenters. The van der Waals surface area contributed by atoms with Crippen LogP contribution in [-0.4, -0.2) is 42.4 Å². The smallest absolute Gasteiger partial charge is 1.00 e. The molecule has 1 saturated heterocycles. The number of hydrogen-bond acceptors (Lipinski definition) is 2. The Morgan fingerprint density at radius 2 is 2.35 bits per heavy atom. The van der Waals surface area contributed by atoms with Gasteiger partial charge in [-0.1, -0.05) is 5.56 Å². The Labute approximate surface area is 128 Å². The molecule has 1 aromatic rings.